The van der Waals surface area contributed by atoms with Crippen LogP contribution in [-0.2, 0) is 9.84 Å². The van der Waals surface area contributed by atoms with Crippen molar-refractivity contribution < 1.29 is 8.42 Å². The van der Waals surface area contributed by atoms with Gasteiger partial charge in [-0.3, -0.25) is 4.99 Å². The van der Waals surface area contributed by atoms with Crippen molar-refractivity contribution in [3.05, 3.63) is 22.4 Å². The van der Waals surface area contributed by atoms with E-state index in [1.165, 1.54) is 4.88 Å². The van der Waals surface area contributed by atoms with E-state index in [1.54, 1.807) is 11.3 Å². The molecule has 0 amide bonds. The summed E-state index contributed by atoms with van der Waals surface area (Å²) in [5.41, 5.74) is 0. The predicted molar refractivity (Wildman–Crippen MR) is 109 cm³/mol. The highest BCUT2D eigenvalue weighted by Gasteiger charge is 2.27. The zero-order chi connectivity index (χ0) is 16.2. The van der Waals surface area contributed by atoms with E-state index < -0.39 is 9.84 Å². The van der Waals surface area contributed by atoms with Crippen LogP contribution < -0.4 is 10.6 Å². The maximum Gasteiger partial charge on any atom is 0.191 e. The molecular weight excluding hydrogens is 445 g/mol. The van der Waals surface area contributed by atoms with Crippen LogP contribution in [0.25, 0.3) is 0 Å². The molecule has 1 fully saturated rings. The second kappa shape index (κ2) is 9.22. The van der Waals surface area contributed by atoms with Crippen molar-refractivity contribution in [3.8, 4) is 0 Å². The van der Waals surface area contributed by atoms with Crippen LogP contribution in [-0.4, -0.2) is 38.5 Å². The van der Waals surface area contributed by atoms with Crippen molar-refractivity contribution in [3.63, 3.8) is 0 Å². The normalized spacial score (nSPS) is 21.7. The number of halogens is 1. The molecule has 1 aliphatic heterocycles. The van der Waals surface area contributed by atoms with Crippen LogP contribution in [0, 0.1) is 5.92 Å². The maximum absolute atomic E-state index is 11.5. The molecule has 0 radical (unpaired) electrons. The van der Waals surface area contributed by atoms with Crippen LogP contribution >= 0.6 is 35.3 Å². The Hall–Kier alpha value is -0.350. The standard InChI is InChI=1S/C15H25N3O2S2.HI/c1-11(2)17-15(18-12(3)14-5-4-7-21-14)16-9-13-6-8-22(19,20)10-13;/h4-5,7,11-13H,6,8-10H2,1-3H3,(H2,16,17,18);1H. The lowest BCUT2D eigenvalue weighted by atomic mass is 10.1. The van der Waals surface area contributed by atoms with Crippen molar-refractivity contribution in [2.45, 2.75) is 39.3 Å². The number of guanidine groups is 1. The molecule has 2 atom stereocenters. The molecule has 1 aromatic rings. The summed E-state index contributed by atoms with van der Waals surface area (Å²) in [6.07, 6.45) is 0.723. The zero-order valence-corrected chi connectivity index (χ0v) is 17.7. The molecule has 0 spiro atoms. The second-order valence-corrected chi connectivity index (χ2v) is 9.35. The summed E-state index contributed by atoms with van der Waals surface area (Å²) in [6, 6.07) is 4.58. The molecule has 0 bridgehead atoms. The van der Waals surface area contributed by atoms with E-state index in [0.717, 1.165) is 12.4 Å². The predicted octanol–water partition coefficient (Wildman–Crippen LogP) is 2.81. The number of rotatable bonds is 5. The molecule has 2 unspecified atom stereocenters. The lowest BCUT2D eigenvalue weighted by Gasteiger charge is -2.20. The van der Waals surface area contributed by atoms with Gasteiger partial charge in [0, 0.05) is 17.5 Å². The summed E-state index contributed by atoms with van der Waals surface area (Å²) in [5.74, 6) is 1.47. The summed E-state index contributed by atoms with van der Waals surface area (Å²) in [4.78, 5) is 5.85. The minimum atomic E-state index is -2.83. The number of hydrogen-bond donors (Lipinski definition) is 2. The van der Waals surface area contributed by atoms with Crippen molar-refractivity contribution in [1.29, 1.82) is 0 Å². The lowest BCUT2D eigenvalue weighted by molar-refractivity contribution is 0.585. The molecule has 5 nitrogen and oxygen atoms in total. The van der Waals surface area contributed by atoms with E-state index in [0.29, 0.717) is 12.3 Å². The highest BCUT2D eigenvalue weighted by atomic mass is 127. The summed E-state index contributed by atoms with van der Waals surface area (Å²) in [6.45, 7) is 6.78. The van der Waals surface area contributed by atoms with Crippen LogP contribution in [0.1, 0.15) is 38.1 Å². The van der Waals surface area contributed by atoms with E-state index >= 15 is 0 Å². The van der Waals surface area contributed by atoms with Gasteiger partial charge in [-0.15, -0.1) is 35.3 Å². The fraction of sp³-hybridized carbons (Fsp3) is 0.667. The SMILES string of the molecule is CC(C)NC(=NCC1CCS(=O)(=O)C1)NC(C)c1cccs1.I. The fourth-order valence-corrected chi connectivity index (χ4v) is 5.04. The summed E-state index contributed by atoms with van der Waals surface area (Å²) >= 11 is 1.71. The first-order valence-electron chi connectivity index (χ1n) is 7.67. The Bertz CT molecular complexity index is 600. The quantitative estimate of drug-likeness (QED) is 0.394. The van der Waals surface area contributed by atoms with Crippen LogP contribution in [0.3, 0.4) is 0 Å². The third kappa shape index (κ3) is 6.96. The summed E-state index contributed by atoms with van der Waals surface area (Å²) < 4.78 is 23.0. The molecule has 0 aromatic carbocycles. The minimum Gasteiger partial charge on any atom is -0.354 e. The van der Waals surface area contributed by atoms with Gasteiger partial charge >= 0.3 is 0 Å². The molecule has 0 aliphatic carbocycles. The number of aliphatic imine (C=N–C) groups is 1. The van der Waals surface area contributed by atoms with Gasteiger partial charge in [-0.05, 0) is 44.6 Å². The Morgan fingerprint density at radius 3 is 2.65 bits per heavy atom. The van der Waals surface area contributed by atoms with Gasteiger partial charge in [0.25, 0.3) is 0 Å². The fourth-order valence-electron chi connectivity index (χ4n) is 2.46. The third-order valence-corrected chi connectivity index (χ3v) is 6.47. The molecule has 0 saturated carbocycles. The molecule has 1 saturated heterocycles. The molecule has 2 heterocycles. The van der Waals surface area contributed by atoms with Gasteiger partial charge in [0.15, 0.2) is 15.8 Å². The Morgan fingerprint density at radius 2 is 2.13 bits per heavy atom. The number of sulfone groups is 1. The third-order valence-electron chi connectivity index (χ3n) is 3.58. The number of nitrogens with zero attached hydrogens (tertiary/aromatic N) is 1. The Morgan fingerprint density at radius 1 is 1.39 bits per heavy atom. The Balaban J connectivity index is 0.00000264. The Kier molecular flexibility index (Phi) is 8.29. The number of hydrogen-bond acceptors (Lipinski definition) is 4. The first-order chi connectivity index (χ1) is 10.4. The Labute approximate surface area is 160 Å². The van der Waals surface area contributed by atoms with Gasteiger partial charge in [-0.1, -0.05) is 6.07 Å². The highest BCUT2D eigenvalue weighted by Crippen LogP contribution is 2.19. The summed E-state index contributed by atoms with van der Waals surface area (Å²) in [7, 11) is -2.83. The van der Waals surface area contributed by atoms with E-state index in [-0.39, 0.29) is 47.7 Å². The van der Waals surface area contributed by atoms with Crippen LogP contribution in [0.15, 0.2) is 22.5 Å². The maximum atomic E-state index is 11.5. The molecule has 2 N–H and O–H groups in total. The van der Waals surface area contributed by atoms with Gasteiger partial charge in [-0.25, -0.2) is 8.42 Å². The minimum absolute atomic E-state index is 0. The van der Waals surface area contributed by atoms with Crippen molar-refractivity contribution in [1.82, 2.24) is 10.6 Å². The summed E-state index contributed by atoms with van der Waals surface area (Å²) in [5, 5.41) is 8.77. The van der Waals surface area contributed by atoms with E-state index in [4.69, 9.17) is 0 Å². The molecule has 23 heavy (non-hydrogen) atoms. The lowest BCUT2D eigenvalue weighted by Crippen LogP contribution is -2.42. The van der Waals surface area contributed by atoms with Crippen molar-refractivity contribution in [2.24, 2.45) is 10.9 Å². The van der Waals surface area contributed by atoms with Crippen LogP contribution in [0.4, 0.5) is 0 Å². The first-order valence-corrected chi connectivity index (χ1v) is 10.4. The van der Waals surface area contributed by atoms with Gasteiger partial charge in [0.05, 0.1) is 17.5 Å². The zero-order valence-electron chi connectivity index (χ0n) is 13.8. The number of thiophene rings is 1. The smallest absolute Gasteiger partial charge is 0.191 e. The van der Waals surface area contributed by atoms with Crippen LogP contribution in [0.5, 0.6) is 0 Å². The highest BCUT2D eigenvalue weighted by molar-refractivity contribution is 14.0. The van der Waals surface area contributed by atoms with Gasteiger partial charge in [0.2, 0.25) is 0 Å². The topological polar surface area (TPSA) is 70.6 Å². The molecular formula is C15H26IN3O2S2. The molecule has 1 aromatic heterocycles. The average molecular weight is 471 g/mol. The first kappa shape index (κ1) is 20.7. The van der Waals surface area contributed by atoms with Crippen molar-refractivity contribution in [2.75, 3.05) is 18.1 Å². The van der Waals surface area contributed by atoms with Crippen molar-refractivity contribution >= 4 is 51.1 Å². The van der Waals surface area contributed by atoms with E-state index in [9.17, 15) is 8.42 Å². The molecule has 8 heteroatoms. The van der Waals surface area contributed by atoms with Gasteiger partial charge < -0.3 is 10.6 Å². The average Bonchev–Trinajstić information content (AvgIpc) is 3.04. The second-order valence-electron chi connectivity index (χ2n) is 6.14. The monoisotopic (exact) mass is 471 g/mol. The van der Waals surface area contributed by atoms with E-state index in [1.807, 2.05) is 6.07 Å². The largest absolute Gasteiger partial charge is 0.354 e. The molecule has 132 valence electrons. The van der Waals surface area contributed by atoms with Crippen LogP contribution in [0.2, 0.25) is 0 Å². The number of nitrogens with one attached hydrogen (secondary N) is 2. The van der Waals surface area contributed by atoms with Gasteiger partial charge in [-0.2, -0.15) is 0 Å². The van der Waals surface area contributed by atoms with E-state index in [2.05, 4.69) is 47.8 Å². The van der Waals surface area contributed by atoms with Gasteiger partial charge in [0.1, 0.15) is 0 Å². The molecule has 2 rings (SSSR count). The molecule has 1 aliphatic rings.